The van der Waals surface area contributed by atoms with Crippen molar-refractivity contribution in [1.29, 1.82) is 0 Å². The molecule has 0 bridgehead atoms. The van der Waals surface area contributed by atoms with Gasteiger partial charge in [0.2, 0.25) is 0 Å². The van der Waals surface area contributed by atoms with Gasteiger partial charge in [-0.05, 0) is 37.1 Å². The molecule has 2 aromatic rings. The molecule has 3 rings (SSSR count). The third-order valence-corrected chi connectivity index (χ3v) is 4.61. The van der Waals surface area contributed by atoms with Gasteiger partial charge in [-0.25, -0.2) is 4.39 Å². The van der Waals surface area contributed by atoms with Crippen LogP contribution in [0.4, 0.5) is 4.39 Å². The summed E-state index contributed by atoms with van der Waals surface area (Å²) < 4.78 is 19.3. The van der Waals surface area contributed by atoms with Crippen LogP contribution in [0.15, 0.2) is 47.1 Å². The molecule has 1 aromatic heterocycles. The summed E-state index contributed by atoms with van der Waals surface area (Å²) in [6.07, 6.45) is 4.89. The molecule has 2 heterocycles. The fourth-order valence-electron chi connectivity index (χ4n) is 3.33. The zero-order chi connectivity index (χ0) is 16.9. The van der Waals surface area contributed by atoms with Crippen LogP contribution in [0.3, 0.4) is 0 Å². The average Bonchev–Trinajstić information content (AvgIpc) is 3.03. The van der Waals surface area contributed by atoms with E-state index in [4.69, 9.17) is 4.42 Å². The van der Waals surface area contributed by atoms with Crippen LogP contribution in [0.2, 0.25) is 0 Å². The van der Waals surface area contributed by atoms with Crippen molar-refractivity contribution in [2.45, 2.75) is 44.2 Å². The summed E-state index contributed by atoms with van der Waals surface area (Å²) in [6, 6.07) is 9.39. The predicted octanol–water partition coefficient (Wildman–Crippen LogP) is 3.93. The first-order valence-electron chi connectivity index (χ1n) is 8.44. The SMILES string of the molecule is O=C(c1ccccc1F)N1CCCCCC1CC(O)c1ccco1. The molecule has 0 saturated carbocycles. The summed E-state index contributed by atoms with van der Waals surface area (Å²) in [4.78, 5) is 14.6. The second kappa shape index (κ2) is 7.62. The average molecular weight is 331 g/mol. The van der Waals surface area contributed by atoms with Crippen LogP contribution >= 0.6 is 0 Å². The van der Waals surface area contributed by atoms with E-state index >= 15 is 0 Å². The highest BCUT2D eigenvalue weighted by molar-refractivity contribution is 5.94. The summed E-state index contributed by atoms with van der Waals surface area (Å²) in [7, 11) is 0. The molecule has 4 nitrogen and oxygen atoms in total. The van der Waals surface area contributed by atoms with Crippen molar-refractivity contribution in [2.75, 3.05) is 6.54 Å². The van der Waals surface area contributed by atoms with Gasteiger partial charge < -0.3 is 14.4 Å². The normalized spacial score (nSPS) is 19.8. The van der Waals surface area contributed by atoms with E-state index < -0.39 is 11.9 Å². The Bertz CT molecular complexity index is 671. The molecule has 128 valence electrons. The van der Waals surface area contributed by atoms with Crippen LogP contribution < -0.4 is 0 Å². The molecular weight excluding hydrogens is 309 g/mol. The second-order valence-corrected chi connectivity index (χ2v) is 6.25. The van der Waals surface area contributed by atoms with Gasteiger partial charge in [0.25, 0.3) is 5.91 Å². The highest BCUT2D eigenvalue weighted by Gasteiger charge is 2.30. The summed E-state index contributed by atoms with van der Waals surface area (Å²) in [6.45, 7) is 0.586. The van der Waals surface area contributed by atoms with Crippen LogP contribution in [-0.2, 0) is 0 Å². The number of halogens is 1. The van der Waals surface area contributed by atoms with E-state index in [-0.39, 0.29) is 17.5 Å². The molecule has 1 amide bonds. The zero-order valence-electron chi connectivity index (χ0n) is 13.5. The molecule has 2 unspecified atom stereocenters. The number of carbonyl (C=O) groups is 1. The largest absolute Gasteiger partial charge is 0.467 e. The van der Waals surface area contributed by atoms with Gasteiger partial charge in [-0.1, -0.05) is 25.0 Å². The summed E-state index contributed by atoms with van der Waals surface area (Å²) in [5, 5.41) is 10.4. The highest BCUT2D eigenvalue weighted by atomic mass is 19.1. The first-order chi connectivity index (χ1) is 11.7. The minimum atomic E-state index is -0.765. The van der Waals surface area contributed by atoms with Crippen LogP contribution in [0.1, 0.15) is 54.3 Å². The van der Waals surface area contributed by atoms with Gasteiger partial charge >= 0.3 is 0 Å². The number of benzene rings is 1. The summed E-state index contributed by atoms with van der Waals surface area (Å²) in [5.41, 5.74) is 0.0943. The van der Waals surface area contributed by atoms with E-state index in [2.05, 4.69) is 0 Å². The number of hydrogen-bond acceptors (Lipinski definition) is 3. The lowest BCUT2D eigenvalue weighted by molar-refractivity contribution is 0.0553. The molecule has 1 aliphatic heterocycles. The van der Waals surface area contributed by atoms with Gasteiger partial charge in [0, 0.05) is 19.0 Å². The van der Waals surface area contributed by atoms with E-state index in [9.17, 15) is 14.3 Å². The van der Waals surface area contributed by atoms with Crippen molar-refractivity contribution in [3.8, 4) is 0 Å². The molecule has 0 radical (unpaired) electrons. The van der Waals surface area contributed by atoms with E-state index in [1.165, 1.54) is 18.4 Å². The van der Waals surface area contributed by atoms with Gasteiger partial charge in [0.15, 0.2) is 0 Å². The molecule has 1 N–H and O–H groups in total. The molecule has 1 fully saturated rings. The monoisotopic (exact) mass is 331 g/mol. The number of rotatable bonds is 4. The van der Waals surface area contributed by atoms with Crippen molar-refractivity contribution >= 4 is 5.91 Å². The topological polar surface area (TPSA) is 53.7 Å². The Morgan fingerprint density at radius 2 is 2.08 bits per heavy atom. The second-order valence-electron chi connectivity index (χ2n) is 6.25. The zero-order valence-corrected chi connectivity index (χ0v) is 13.5. The predicted molar refractivity (Wildman–Crippen MR) is 88.0 cm³/mol. The maximum atomic E-state index is 14.0. The number of furan rings is 1. The maximum absolute atomic E-state index is 14.0. The molecule has 2 atom stereocenters. The van der Waals surface area contributed by atoms with Gasteiger partial charge in [0.1, 0.15) is 17.7 Å². The van der Waals surface area contributed by atoms with Crippen LogP contribution in [0, 0.1) is 5.82 Å². The maximum Gasteiger partial charge on any atom is 0.257 e. The third kappa shape index (κ3) is 3.67. The molecule has 0 spiro atoms. The molecule has 1 aliphatic rings. The Morgan fingerprint density at radius 3 is 2.83 bits per heavy atom. The fraction of sp³-hybridized carbons (Fsp3) is 0.421. The molecule has 24 heavy (non-hydrogen) atoms. The number of nitrogens with zero attached hydrogens (tertiary/aromatic N) is 1. The number of amides is 1. The van der Waals surface area contributed by atoms with Crippen molar-refractivity contribution in [3.05, 3.63) is 59.8 Å². The van der Waals surface area contributed by atoms with Crippen molar-refractivity contribution in [3.63, 3.8) is 0 Å². The molecular formula is C19H22FNO3. The Hall–Kier alpha value is -2.14. The summed E-state index contributed by atoms with van der Waals surface area (Å²) in [5.74, 6) is -0.304. The number of hydrogen-bond donors (Lipinski definition) is 1. The first-order valence-corrected chi connectivity index (χ1v) is 8.44. The van der Waals surface area contributed by atoms with Crippen molar-refractivity contribution < 1.29 is 18.7 Å². The lowest BCUT2D eigenvalue weighted by atomic mass is 10.0. The van der Waals surface area contributed by atoms with Crippen LogP contribution in [-0.4, -0.2) is 28.5 Å². The fourth-order valence-corrected chi connectivity index (χ4v) is 3.33. The number of likely N-dealkylation sites (tertiary alicyclic amines) is 1. The molecule has 0 aliphatic carbocycles. The van der Waals surface area contributed by atoms with E-state index in [1.54, 1.807) is 29.2 Å². The van der Waals surface area contributed by atoms with Crippen molar-refractivity contribution in [2.24, 2.45) is 0 Å². The van der Waals surface area contributed by atoms with Gasteiger partial charge in [0.05, 0.1) is 11.8 Å². The van der Waals surface area contributed by atoms with E-state index in [0.29, 0.717) is 18.7 Å². The molecule has 1 aromatic carbocycles. The minimum Gasteiger partial charge on any atom is -0.467 e. The van der Waals surface area contributed by atoms with Gasteiger partial charge in [-0.2, -0.15) is 0 Å². The van der Waals surface area contributed by atoms with Crippen molar-refractivity contribution in [1.82, 2.24) is 4.90 Å². The number of aliphatic hydroxyl groups is 1. The van der Waals surface area contributed by atoms with E-state index in [0.717, 1.165) is 25.7 Å². The first kappa shape index (κ1) is 16.7. The van der Waals surface area contributed by atoms with Gasteiger partial charge in [-0.15, -0.1) is 0 Å². The Labute approximate surface area is 140 Å². The Balaban J connectivity index is 1.80. The number of aliphatic hydroxyl groups excluding tert-OH is 1. The van der Waals surface area contributed by atoms with Crippen LogP contribution in [0.5, 0.6) is 0 Å². The van der Waals surface area contributed by atoms with Gasteiger partial charge in [-0.3, -0.25) is 4.79 Å². The lowest BCUT2D eigenvalue weighted by Gasteiger charge is -2.31. The van der Waals surface area contributed by atoms with Crippen LogP contribution in [0.25, 0.3) is 0 Å². The summed E-state index contributed by atoms with van der Waals surface area (Å²) >= 11 is 0. The molecule has 5 heteroatoms. The Morgan fingerprint density at radius 1 is 1.25 bits per heavy atom. The Kier molecular flexibility index (Phi) is 5.30. The standard InChI is InChI=1S/C19H22FNO3/c20-16-9-4-3-8-15(16)19(23)21-11-5-1-2-7-14(21)13-17(22)18-10-6-12-24-18/h3-4,6,8-10,12,14,17,22H,1-2,5,7,11,13H2. The third-order valence-electron chi connectivity index (χ3n) is 4.61. The quantitative estimate of drug-likeness (QED) is 0.923. The number of carbonyl (C=O) groups excluding carboxylic acids is 1. The minimum absolute atomic E-state index is 0.0943. The lowest BCUT2D eigenvalue weighted by Crippen LogP contribution is -2.41. The molecule has 1 saturated heterocycles. The van der Waals surface area contributed by atoms with E-state index in [1.807, 2.05) is 0 Å². The smallest absolute Gasteiger partial charge is 0.257 e. The highest BCUT2D eigenvalue weighted by Crippen LogP contribution is 2.28.